The van der Waals surface area contributed by atoms with Crippen LogP contribution in [0.15, 0.2) is 36.5 Å². The molecule has 0 rings (SSSR count). The van der Waals surface area contributed by atoms with Crippen LogP contribution in [-0.4, -0.2) is 37.0 Å². The molecule has 4 heteroatoms. The van der Waals surface area contributed by atoms with E-state index < -0.39 is 6.10 Å². The summed E-state index contributed by atoms with van der Waals surface area (Å²) in [6.45, 7) is 5.26. The fraction of sp³-hybridized carbons (Fsp3) is 0.863. The quantitative estimate of drug-likeness (QED) is 0.0380. The smallest absolute Gasteiger partial charge is 0.306 e. The van der Waals surface area contributed by atoms with Crippen LogP contribution in [-0.2, 0) is 14.3 Å². The summed E-state index contributed by atoms with van der Waals surface area (Å²) in [5.74, 6) is -0.198. The van der Waals surface area contributed by atoms with E-state index in [4.69, 9.17) is 9.47 Å². The topological polar surface area (TPSA) is 55.8 Å². The Hall–Kier alpha value is -1.39. The second-order valence-electron chi connectivity index (χ2n) is 16.5. The van der Waals surface area contributed by atoms with Gasteiger partial charge in [-0.15, -0.1) is 0 Å². The molecule has 55 heavy (non-hydrogen) atoms. The predicted octanol–water partition coefficient (Wildman–Crippen LogP) is 16.4. The Labute approximate surface area is 344 Å². The molecule has 0 radical (unpaired) electrons. The number of carbonyl (C=O) groups is 1. The number of hydrogen-bond donors (Lipinski definition) is 1. The minimum absolute atomic E-state index is 0.172. The van der Waals surface area contributed by atoms with Crippen molar-refractivity contribution in [2.24, 2.45) is 0 Å². The molecule has 0 aliphatic carbocycles. The number of ether oxygens (including phenoxy) is 2. The molecule has 0 saturated carbocycles. The Kier molecular flexibility index (Phi) is 47.5. The van der Waals surface area contributed by atoms with Crippen molar-refractivity contribution in [3.05, 3.63) is 36.5 Å². The molecule has 0 fully saturated rings. The number of aliphatic hydroxyl groups excluding tert-OH is 1. The van der Waals surface area contributed by atoms with Gasteiger partial charge in [-0.25, -0.2) is 0 Å². The second-order valence-corrected chi connectivity index (χ2v) is 16.5. The Balaban J connectivity index is 3.37. The summed E-state index contributed by atoms with van der Waals surface area (Å²) in [6.07, 6.45) is 62.4. The maximum absolute atomic E-state index is 12.3. The van der Waals surface area contributed by atoms with Crippen LogP contribution >= 0.6 is 0 Å². The largest absolute Gasteiger partial charge is 0.457 e. The number of hydrogen-bond acceptors (Lipinski definition) is 4. The lowest BCUT2D eigenvalue weighted by Gasteiger charge is -2.16. The lowest BCUT2D eigenvalue weighted by molar-refractivity contribution is -0.154. The fourth-order valence-electron chi connectivity index (χ4n) is 7.35. The Morgan fingerprint density at radius 3 is 1.24 bits per heavy atom. The lowest BCUT2D eigenvalue weighted by atomic mass is 10.0. The monoisotopic (exact) mass is 773 g/mol. The minimum atomic E-state index is -0.536. The highest BCUT2D eigenvalue weighted by atomic mass is 16.6. The van der Waals surface area contributed by atoms with Gasteiger partial charge in [-0.3, -0.25) is 4.79 Å². The van der Waals surface area contributed by atoms with Crippen LogP contribution in [0.25, 0.3) is 0 Å². The zero-order valence-corrected chi connectivity index (χ0v) is 37.2. The van der Waals surface area contributed by atoms with Crippen LogP contribution in [0.5, 0.6) is 0 Å². The molecule has 1 unspecified atom stereocenters. The SMILES string of the molecule is CC/C=C\C/C=C\C/C=C\CCCCCCCCCCOCC(CO)OC(=O)CCCCCCCCCCCCCCCCCCCCCCCCCCC. The molecular formula is C51H96O4. The van der Waals surface area contributed by atoms with Crippen molar-refractivity contribution in [2.75, 3.05) is 19.8 Å². The molecule has 0 aliphatic rings. The summed E-state index contributed by atoms with van der Waals surface area (Å²) in [6, 6.07) is 0. The third-order valence-corrected chi connectivity index (χ3v) is 11.0. The van der Waals surface area contributed by atoms with Crippen LogP contribution in [0.1, 0.15) is 258 Å². The van der Waals surface area contributed by atoms with Crippen molar-refractivity contribution in [3.8, 4) is 0 Å². The van der Waals surface area contributed by atoms with E-state index in [-0.39, 0.29) is 12.6 Å². The normalized spacial score (nSPS) is 12.6. The number of allylic oxidation sites excluding steroid dienone is 6. The van der Waals surface area contributed by atoms with Gasteiger partial charge in [-0.2, -0.15) is 0 Å². The van der Waals surface area contributed by atoms with Crippen LogP contribution < -0.4 is 0 Å². The van der Waals surface area contributed by atoms with E-state index in [2.05, 4.69) is 50.3 Å². The molecule has 0 spiro atoms. The Bertz CT molecular complexity index is 818. The van der Waals surface area contributed by atoms with Crippen LogP contribution in [0.2, 0.25) is 0 Å². The molecule has 1 N–H and O–H groups in total. The van der Waals surface area contributed by atoms with Crippen molar-refractivity contribution in [1.82, 2.24) is 0 Å². The third-order valence-electron chi connectivity index (χ3n) is 11.0. The van der Waals surface area contributed by atoms with E-state index in [9.17, 15) is 9.90 Å². The van der Waals surface area contributed by atoms with Crippen LogP contribution in [0, 0.1) is 0 Å². The predicted molar refractivity (Wildman–Crippen MR) is 242 cm³/mol. The summed E-state index contributed by atoms with van der Waals surface area (Å²) in [5.41, 5.74) is 0. The number of esters is 1. The molecule has 0 aromatic carbocycles. The van der Waals surface area contributed by atoms with Crippen molar-refractivity contribution >= 4 is 5.97 Å². The average molecular weight is 773 g/mol. The molecular weight excluding hydrogens is 677 g/mol. The van der Waals surface area contributed by atoms with Gasteiger partial charge in [0.2, 0.25) is 0 Å². The average Bonchev–Trinajstić information content (AvgIpc) is 3.19. The first-order valence-corrected chi connectivity index (χ1v) is 24.6. The van der Waals surface area contributed by atoms with Crippen molar-refractivity contribution in [3.63, 3.8) is 0 Å². The molecule has 0 bridgehead atoms. The summed E-state index contributed by atoms with van der Waals surface area (Å²) < 4.78 is 11.2. The van der Waals surface area contributed by atoms with Gasteiger partial charge in [0.1, 0.15) is 6.10 Å². The Morgan fingerprint density at radius 1 is 0.455 bits per heavy atom. The summed E-state index contributed by atoms with van der Waals surface area (Å²) >= 11 is 0. The van der Waals surface area contributed by atoms with E-state index in [0.29, 0.717) is 19.6 Å². The highest BCUT2D eigenvalue weighted by molar-refractivity contribution is 5.69. The summed E-state index contributed by atoms with van der Waals surface area (Å²) in [7, 11) is 0. The van der Waals surface area contributed by atoms with Gasteiger partial charge >= 0.3 is 5.97 Å². The van der Waals surface area contributed by atoms with E-state index in [1.807, 2.05) is 0 Å². The first-order valence-electron chi connectivity index (χ1n) is 24.6. The molecule has 1 atom stereocenters. The number of carbonyl (C=O) groups excluding carboxylic acids is 1. The minimum Gasteiger partial charge on any atom is -0.457 e. The standard InChI is InChI=1S/C51H96O4/c1-3-5-7-9-11-13-15-17-19-21-23-24-25-26-27-28-29-30-32-34-36-38-40-42-44-46-51(53)55-50(48-52)49-54-47-45-43-41-39-37-35-33-31-22-20-18-16-14-12-10-8-6-4-2/h6,8,12,14,18,20,50,52H,3-5,7,9-11,13,15-17,19,21-49H2,1-2H3/b8-6-,14-12-,20-18-. The zero-order chi connectivity index (χ0) is 39.8. The molecule has 4 nitrogen and oxygen atoms in total. The van der Waals surface area contributed by atoms with Gasteiger partial charge < -0.3 is 14.6 Å². The third kappa shape index (κ3) is 46.9. The van der Waals surface area contributed by atoms with Crippen molar-refractivity contribution in [2.45, 2.75) is 264 Å². The molecule has 0 amide bonds. The first-order chi connectivity index (χ1) is 27.2. The number of aliphatic hydroxyl groups is 1. The highest BCUT2D eigenvalue weighted by Crippen LogP contribution is 2.16. The molecule has 0 aliphatic heterocycles. The van der Waals surface area contributed by atoms with Crippen molar-refractivity contribution < 1.29 is 19.4 Å². The van der Waals surface area contributed by atoms with Gasteiger partial charge in [0.05, 0.1) is 13.2 Å². The van der Waals surface area contributed by atoms with E-state index in [0.717, 1.165) is 38.5 Å². The van der Waals surface area contributed by atoms with Gasteiger partial charge in [0, 0.05) is 13.0 Å². The Morgan fingerprint density at radius 2 is 0.818 bits per heavy atom. The maximum atomic E-state index is 12.3. The first kappa shape index (κ1) is 53.6. The maximum Gasteiger partial charge on any atom is 0.306 e. The summed E-state index contributed by atoms with van der Waals surface area (Å²) in [4.78, 5) is 12.3. The molecule has 0 heterocycles. The fourth-order valence-corrected chi connectivity index (χ4v) is 7.35. The zero-order valence-electron chi connectivity index (χ0n) is 37.2. The van der Waals surface area contributed by atoms with Gasteiger partial charge in [0.25, 0.3) is 0 Å². The molecule has 0 aromatic rings. The van der Waals surface area contributed by atoms with E-state index >= 15 is 0 Å². The van der Waals surface area contributed by atoms with Crippen LogP contribution in [0.4, 0.5) is 0 Å². The highest BCUT2D eigenvalue weighted by Gasteiger charge is 2.13. The molecule has 324 valence electrons. The number of rotatable bonds is 46. The van der Waals surface area contributed by atoms with Gasteiger partial charge in [-0.05, 0) is 44.9 Å². The lowest BCUT2D eigenvalue weighted by Crippen LogP contribution is -2.27. The molecule has 0 aromatic heterocycles. The van der Waals surface area contributed by atoms with E-state index in [1.54, 1.807) is 0 Å². The van der Waals surface area contributed by atoms with Crippen LogP contribution in [0.3, 0.4) is 0 Å². The summed E-state index contributed by atoms with van der Waals surface area (Å²) in [5, 5.41) is 9.63. The number of unbranched alkanes of at least 4 members (excludes halogenated alkanes) is 32. The van der Waals surface area contributed by atoms with E-state index in [1.165, 1.54) is 199 Å². The second kappa shape index (κ2) is 48.8. The van der Waals surface area contributed by atoms with Crippen molar-refractivity contribution in [1.29, 1.82) is 0 Å². The molecule has 0 saturated heterocycles. The van der Waals surface area contributed by atoms with Gasteiger partial charge in [-0.1, -0.05) is 243 Å². The van der Waals surface area contributed by atoms with Gasteiger partial charge in [0.15, 0.2) is 0 Å².